The topological polar surface area (TPSA) is 63.2 Å². The molecule has 4 nitrogen and oxygen atoms in total. The molecule has 1 fully saturated rings. The molecule has 0 spiro atoms. The Balaban J connectivity index is 2.58. The first-order valence-electron chi connectivity index (χ1n) is 5.07. The quantitative estimate of drug-likeness (QED) is 0.786. The van der Waals surface area contributed by atoms with Crippen molar-refractivity contribution in [3.8, 4) is 0 Å². The standard InChI is InChI=1S/C9H16BrNO3S/c1-7(10)6-11-9(12)8-4-2-3-5-15(8,13)14/h7-8H,2-6H2,1H3,(H,11,12). The van der Waals surface area contributed by atoms with Crippen molar-refractivity contribution < 1.29 is 13.2 Å². The fourth-order valence-electron chi connectivity index (χ4n) is 1.60. The van der Waals surface area contributed by atoms with E-state index in [1.807, 2.05) is 6.92 Å². The van der Waals surface area contributed by atoms with Crippen molar-refractivity contribution >= 4 is 31.7 Å². The van der Waals surface area contributed by atoms with Gasteiger partial charge in [0.2, 0.25) is 5.91 Å². The zero-order valence-electron chi connectivity index (χ0n) is 8.70. The maximum atomic E-state index is 11.6. The molecule has 1 N–H and O–H groups in total. The molecule has 6 heteroatoms. The Bertz CT molecular complexity index is 326. The molecule has 1 heterocycles. The van der Waals surface area contributed by atoms with Crippen molar-refractivity contribution in [3.63, 3.8) is 0 Å². The van der Waals surface area contributed by atoms with Crippen LogP contribution in [0.5, 0.6) is 0 Å². The molecule has 88 valence electrons. The molecule has 1 amide bonds. The number of halogens is 1. The third-order valence-corrected chi connectivity index (χ3v) is 4.93. The van der Waals surface area contributed by atoms with Crippen molar-refractivity contribution in [2.24, 2.45) is 0 Å². The highest BCUT2D eigenvalue weighted by molar-refractivity contribution is 9.09. The zero-order chi connectivity index (χ0) is 11.5. The molecule has 1 rings (SSSR count). The van der Waals surface area contributed by atoms with Crippen LogP contribution in [-0.2, 0) is 14.6 Å². The minimum absolute atomic E-state index is 0.148. The highest BCUT2D eigenvalue weighted by atomic mass is 79.9. The van der Waals surface area contributed by atoms with Gasteiger partial charge in [0.1, 0.15) is 5.25 Å². The fraction of sp³-hybridized carbons (Fsp3) is 0.889. The number of carbonyl (C=O) groups is 1. The van der Waals surface area contributed by atoms with Gasteiger partial charge < -0.3 is 5.32 Å². The molecule has 0 radical (unpaired) electrons. The summed E-state index contributed by atoms with van der Waals surface area (Å²) in [5, 5.41) is 1.82. The molecule has 2 atom stereocenters. The number of carbonyl (C=O) groups excluding carboxylic acids is 1. The van der Waals surface area contributed by atoms with E-state index < -0.39 is 15.1 Å². The molecule has 1 aliphatic rings. The van der Waals surface area contributed by atoms with Crippen LogP contribution < -0.4 is 5.32 Å². The lowest BCUT2D eigenvalue weighted by Gasteiger charge is -2.21. The van der Waals surface area contributed by atoms with E-state index in [0.717, 1.165) is 6.42 Å². The second-order valence-corrected chi connectivity index (χ2v) is 7.74. The van der Waals surface area contributed by atoms with Crippen molar-refractivity contribution in [3.05, 3.63) is 0 Å². The van der Waals surface area contributed by atoms with Gasteiger partial charge in [0, 0.05) is 11.4 Å². The summed E-state index contributed by atoms with van der Waals surface area (Å²) in [5.41, 5.74) is 0. The summed E-state index contributed by atoms with van der Waals surface area (Å²) in [5.74, 6) is -0.199. The maximum absolute atomic E-state index is 11.6. The summed E-state index contributed by atoms with van der Waals surface area (Å²) in [6.45, 7) is 2.36. The molecule has 0 aromatic carbocycles. The van der Waals surface area contributed by atoms with Gasteiger partial charge in [-0.05, 0) is 12.8 Å². The van der Waals surface area contributed by atoms with Gasteiger partial charge in [-0.15, -0.1) is 0 Å². The number of alkyl halides is 1. The minimum atomic E-state index is -3.20. The van der Waals surface area contributed by atoms with Crippen LogP contribution in [0, 0.1) is 0 Å². The van der Waals surface area contributed by atoms with Crippen LogP contribution in [-0.4, -0.2) is 36.7 Å². The van der Waals surface area contributed by atoms with Crippen molar-refractivity contribution in [2.45, 2.75) is 36.3 Å². The Hall–Kier alpha value is -0.100. The Labute approximate surface area is 98.9 Å². The number of hydrogen-bond acceptors (Lipinski definition) is 3. The van der Waals surface area contributed by atoms with Gasteiger partial charge in [0.25, 0.3) is 0 Å². The third kappa shape index (κ3) is 3.75. The number of rotatable bonds is 3. The first-order valence-corrected chi connectivity index (χ1v) is 7.70. The zero-order valence-corrected chi connectivity index (χ0v) is 11.1. The minimum Gasteiger partial charge on any atom is -0.354 e. The highest BCUT2D eigenvalue weighted by Gasteiger charge is 2.34. The predicted molar refractivity (Wildman–Crippen MR) is 62.8 cm³/mol. The molecule has 1 saturated heterocycles. The van der Waals surface area contributed by atoms with E-state index in [0.29, 0.717) is 19.4 Å². The third-order valence-electron chi connectivity index (χ3n) is 2.43. The molecule has 0 saturated carbocycles. The second-order valence-electron chi connectivity index (χ2n) is 3.88. The van der Waals surface area contributed by atoms with E-state index in [9.17, 15) is 13.2 Å². The lowest BCUT2D eigenvalue weighted by Crippen LogP contribution is -2.44. The smallest absolute Gasteiger partial charge is 0.238 e. The highest BCUT2D eigenvalue weighted by Crippen LogP contribution is 2.19. The van der Waals surface area contributed by atoms with E-state index >= 15 is 0 Å². The average molecular weight is 298 g/mol. The van der Waals surface area contributed by atoms with Gasteiger partial charge in [-0.3, -0.25) is 4.79 Å². The Kier molecular flexibility index (Phi) is 4.58. The first-order chi connectivity index (χ1) is 6.93. The Morgan fingerprint density at radius 1 is 1.53 bits per heavy atom. The maximum Gasteiger partial charge on any atom is 0.238 e. The van der Waals surface area contributed by atoms with Crippen molar-refractivity contribution in [1.29, 1.82) is 0 Å². The Morgan fingerprint density at radius 3 is 2.73 bits per heavy atom. The first kappa shape index (κ1) is 13.0. The monoisotopic (exact) mass is 297 g/mol. The predicted octanol–water partition coefficient (Wildman–Crippen LogP) is 0.853. The van der Waals surface area contributed by atoms with Crippen LogP contribution >= 0.6 is 15.9 Å². The van der Waals surface area contributed by atoms with Crippen LogP contribution in [0.4, 0.5) is 0 Å². The average Bonchev–Trinajstić information content (AvgIpc) is 2.13. The Morgan fingerprint density at radius 2 is 2.20 bits per heavy atom. The fourth-order valence-corrected chi connectivity index (χ4v) is 3.59. The van der Waals surface area contributed by atoms with E-state index in [4.69, 9.17) is 0 Å². The molecule has 1 aliphatic heterocycles. The van der Waals surface area contributed by atoms with Crippen LogP contribution in [0.2, 0.25) is 0 Å². The van der Waals surface area contributed by atoms with Gasteiger partial charge in [-0.1, -0.05) is 29.3 Å². The number of sulfone groups is 1. The van der Waals surface area contributed by atoms with Crippen molar-refractivity contribution in [1.82, 2.24) is 5.32 Å². The van der Waals surface area contributed by atoms with Gasteiger partial charge >= 0.3 is 0 Å². The molecule has 0 aliphatic carbocycles. The van der Waals surface area contributed by atoms with Crippen LogP contribution in [0.15, 0.2) is 0 Å². The molecule has 0 aromatic rings. The number of hydrogen-bond donors (Lipinski definition) is 1. The van der Waals surface area contributed by atoms with E-state index in [1.165, 1.54) is 0 Å². The molecular weight excluding hydrogens is 282 g/mol. The van der Waals surface area contributed by atoms with Crippen LogP contribution in [0.3, 0.4) is 0 Å². The molecule has 0 aromatic heterocycles. The summed E-state index contributed by atoms with van der Waals surface area (Å²) in [4.78, 5) is 11.8. The summed E-state index contributed by atoms with van der Waals surface area (Å²) in [7, 11) is -3.20. The van der Waals surface area contributed by atoms with Gasteiger partial charge in [0.15, 0.2) is 9.84 Å². The normalized spacial score (nSPS) is 26.9. The molecular formula is C9H16BrNO3S. The number of amides is 1. The molecule has 15 heavy (non-hydrogen) atoms. The SMILES string of the molecule is CC(Br)CNC(=O)C1CCCCS1(=O)=O. The lowest BCUT2D eigenvalue weighted by molar-refractivity contribution is -0.120. The lowest BCUT2D eigenvalue weighted by atomic mass is 10.2. The van der Waals surface area contributed by atoms with Crippen molar-refractivity contribution in [2.75, 3.05) is 12.3 Å². The van der Waals surface area contributed by atoms with E-state index in [1.54, 1.807) is 0 Å². The summed E-state index contributed by atoms with van der Waals surface area (Å²) in [6.07, 6.45) is 1.97. The van der Waals surface area contributed by atoms with E-state index in [2.05, 4.69) is 21.2 Å². The molecule has 2 unspecified atom stereocenters. The number of nitrogens with one attached hydrogen (secondary N) is 1. The van der Waals surface area contributed by atoms with Gasteiger partial charge in [0.05, 0.1) is 5.75 Å². The van der Waals surface area contributed by atoms with Gasteiger partial charge in [-0.25, -0.2) is 8.42 Å². The summed E-state index contributed by atoms with van der Waals surface area (Å²) in [6, 6.07) is 0. The summed E-state index contributed by atoms with van der Waals surface area (Å²) < 4.78 is 23.2. The second kappa shape index (κ2) is 5.30. The largest absolute Gasteiger partial charge is 0.354 e. The summed E-state index contributed by atoms with van der Waals surface area (Å²) >= 11 is 3.29. The van der Waals surface area contributed by atoms with E-state index in [-0.39, 0.29) is 16.5 Å². The van der Waals surface area contributed by atoms with Gasteiger partial charge in [-0.2, -0.15) is 0 Å². The van der Waals surface area contributed by atoms with Crippen LogP contribution in [0.1, 0.15) is 26.2 Å². The van der Waals surface area contributed by atoms with Crippen LogP contribution in [0.25, 0.3) is 0 Å². The molecule has 0 bridgehead atoms.